The molecule has 1 amide bonds. The van der Waals surface area contributed by atoms with Crippen LogP contribution in [0.15, 0.2) is 24.3 Å². The van der Waals surface area contributed by atoms with E-state index in [1.54, 1.807) is 6.07 Å². The number of piperidine rings is 1. The minimum atomic E-state index is -4.35. The quantitative estimate of drug-likeness (QED) is 0.837. The summed E-state index contributed by atoms with van der Waals surface area (Å²) in [6.07, 6.45) is -2.02. The zero-order valence-corrected chi connectivity index (χ0v) is 15.4. The van der Waals surface area contributed by atoms with E-state index >= 15 is 0 Å². The van der Waals surface area contributed by atoms with Crippen molar-refractivity contribution in [2.75, 3.05) is 26.7 Å². The third-order valence-corrected chi connectivity index (χ3v) is 4.63. The number of carbonyl (C=O) groups is 1. The van der Waals surface area contributed by atoms with Crippen LogP contribution in [0, 0.1) is 5.92 Å². The van der Waals surface area contributed by atoms with E-state index in [-0.39, 0.29) is 30.7 Å². The molecule has 3 nitrogen and oxygen atoms in total. The second-order valence-electron chi connectivity index (χ2n) is 6.63. The normalized spacial score (nSPS) is 19.2. The molecule has 2 rings (SSSR count). The third-order valence-electron chi connectivity index (χ3n) is 4.63. The number of likely N-dealkylation sites (tertiary alicyclic amines) is 1. The molecule has 0 aliphatic carbocycles. The predicted molar refractivity (Wildman–Crippen MR) is 95.0 cm³/mol. The fourth-order valence-corrected chi connectivity index (χ4v) is 3.28. The van der Waals surface area contributed by atoms with Crippen LogP contribution in [0.4, 0.5) is 13.2 Å². The molecule has 0 radical (unpaired) electrons. The predicted octanol–water partition coefficient (Wildman–Crippen LogP) is 4.08. The van der Waals surface area contributed by atoms with E-state index in [2.05, 4.69) is 5.32 Å². The Hall–Kier alpha value is -1.27. The van der Waals surface area contributed by atoms with Crippen molar-refractivity contribution in [3.63, 3.8) is 0 Å². The van der Waals surface area contributed by atoms with E-state index in [9.17, 15) is 18.0 Å². The van der Waals surface area contributed by atoms with E-state index in [0.29, 0.717) is 11.5 Å². The van der Waals surface area contributed by atoms with Crippen LogP contribution in [0.2, 0.25) is 0 Å². The summed E-state index contributed by atoms with van der Waals surface area (Å²) in [7, 11) is 1.90. The standard InChI is InChI=1S/C18H25F3N2O.ClH/c1-13(15-6-3-7-16(10-15)18(19,20)21)9-17(24)23-8-4-5-14(12-23)11-22-2;/h3,6-7,10,13-14,22H,4-5,8-9,11-12H2,1-2H3;1H. The van der Waals surface area contributed by atoms with Crippen LogP contribution in [0.1, 0.15) is 43.2 Å². The summed E-state index contributed by atoms with van der Waals surface area (Å²) in [4.78, 5) is 14.4. The van der Waals surface area contributed by atoms with Gasteiger partial charge in [0.2, 0.25) is 5.91 Å². The first kappa shape index (κ1) is 21.8. The minimum absolute atomic E-state index is 0. The largest absolute Gasteiger partial charge is 0.416 e. The Bertz CT molecular complexity index is 563. The molecule has 1 heterocycles. The molecule has 7 heteroatoms. The summed E-state index contributed by atoms with van der Waals surface area (Å²) >= 11 is 0. The zero-order chi connectivity index (χ0) is 17.7. The molecular weight excluding hydrogens is 353 g/mol. The summed E-state index contributed by atoms with van der Waals surface area (Å²) in [5.41, 5.74) is -0.103. The molecule has 1 N–H and O–H groups in total. The van der Waals surface area contributed by atoms with Gasteiger partial charge in [0.05, 0.1) is 5.56 Å². The van der Waals surface area contributed by atoms with Crippen molar-refractivity contribution in [3.8, 4) is 0 Å². The lowest BCUT2D eigenvalue weighted by Crippen LogP contribution is -2.42. The summed E-state index contributed by atoms with van der Waals surface area (Å²) in [5.74, 6) is 0.252. The monoisotopic (exact) mass is 378 g/mol. The number of amides is 1. The molecule has 1 fully saturated rings. The van der Waals surface area contributed by atoms with Crippen molar-refractivity contribution in [1.82, 2.24) is 10.2 Å². The summed E-state index contributed by atoms with van der Waals surface area (Å²) in [6.45, 7) is 4.17. The molecule has 142 valence electrons. The average molecular weight is 379 g/mol. The topological polar surface area (TPSA) is 32.3 Å². The molecule has 2 unspecified atom stereocenters. The SMILES string of the molecule is CNCC1CCCN(C(=O)CC(C)c2cccc(C(F)(F)F)c2)C1.Cl. The molecule has 0 spiro atoms. The molecule has 1 aromatic rings. The Labute approximate surface area is 153 Å². The smallest absolute Gasteiger partial charge is 0.342 e. The lowest BCUT2D eigenvalue weighted by Gasteiger charge is -2.33. The number of alkyl halides is 3. The number of rotatable bonds is 5. The van der Waals surface area contributed by atoms with Gasteiger partial charge in [-0.1, -0.05) is 25.1 Å². The van der Waals surface area contributed by atoms with Gasteiger partial charge in [-0.25, -0.2) is 0 Å². The highest BCUT2D eigenvalue weighted by atomic mass is 35.5. The van der Waals surface area contributed by atoms with E-state index < -0.39 is 11.7 Å². The highest BCUT2D eigenvalue weighted by Gasteiger charge is 2.31. The van der Waals surface area contributed by atoms with Crippen molar-refractivity contribution in [2.45, 2.75) is 38.3 Å². The van der Waals surface area contributed by atoms with Gasteiger partial charge in [-0.2, -0.15) is 13.2 Å². The van der Waals surface area contributed by atoms with Gasteiger partial charge in [0, 0.05) is 19.5 Å². The number of hydrogen-bond acceptors (Lipinski definition) is 2. The van der Waals surface area contributed by atoms with Crippen molar-refractivity contribution < 1.29 is 18.0 Å². The van der Waals surface area contributed by atoms with Crippen LogP contribution in [-0.2, 0) is 11.0 Å². The Morgan fingerprint density at radius 2 is 2.12 bits per heavy atom. The van der Waals surface area contributed by atoms with Crippen molar-refractivity contribution in [1.29, 1.82) is 0 Å². The number of nitrogens with one attached hydrogen (secondary N) is 1. The second-order valence-corrected chi connectivity index (χ2v) is 6.63. The van der Waals surface area contributed by atoms with E-state index in [1.807, 2.05) is 18.9 Å². The van der Waals surface area contributed by atoms with Crippen LogP contribution in [-0.4, -0.2) is 37.5 Å². The highest BCUT2D eigenvalue weighted by Crippen LogP contribution is 2.32. The van der Waals surface area contributed by atoms with Gasteiger partial charge < -0.3 is 10.2 Å². The molecule has 1 aromatic carbocycles. The molecule has 1 aliphatic heterocycles. The Morgan fingerprint density at radius 3 is 2.76 bits per heavy atom. The second kappa shape index (κ2) is 9.43. The summed E-state index contributed by atoms with van der Waals surface area (Å²) in [5, 5.41) is 3.14. The number of nitrogens with zero attached hydrogens (tertiary/aromatic N) is 1. The van der Waals surface area contributed by atoms with E-state index in [1.165, 1.54) is 6.07 Å². The highest BCUT2D eigenvalue weighted by molar-refractivity contribution is 5.85. The van der Waals surface area contributed by atoms with Gasteiger partial charge in [0.15, 0.2) is 0 Å². The number of halogens is 4. The van der Waals surface area contributed by atoms with E-state index in [0.717, 1.165) is 44.6 Å². The minimum Gasteiger partial charge on any atom is -0.342 e. The molecule has 1 saturated heterocycles. The van der Waals surface area contributed by atoms with Gasteiger partial charge in [-0.15, -0.1) is 12.4 Å². The maximum absolute atomic E-state index is 12.8. The average Bonchev–Trinajstić information content (AvgIpc) is 2.54. The summed E-state index contributed by atoms with van der Waals surface area (Å²) < 4.78 is 38.5. The van der Waals surface area contributed by atoms with Gasteiger partial charge in [0.1, 0.15) is 0 Å². The van der Waals surface area contributed by atoms with Gasteiger partial charge in [0.25, 0.3) is 0 Å². The Morgan fingerprint density at radius 1 is 1.40 bits per heavy atom. The van der Waals surface area contributed by atoms with Crippen LogP contribution < -0.4 is 5.32 Å². The van der Waals surface area contributed by atoms with Gasteiger partial charge in [-0.3, -0.25) is 4.79 Å². The van der Waals surface area contributed by atoms with Crippen LogP contribution in [0.3, 0.4) is 0 Å². The summed E-state index contributed by atoms with van der Waals surface area (Å²) in [6, 6.07) is 5.28. The molecule has 1 aliphatic rings. The molecule has 0 aromatic heterocycles. The molecule has 0 bridgehead atoms. The Kier molecular flexibility index (Phi) is 8.22. The molecule has 0 saturated carbocycles. The Balaban J connectivity index is 0.00000312. The zero-order valence-electron chi connectivity index (χ0n) is 14.6. The van der Waals surface area contributed by atoms with E-state index in [4.69, 9.17) is 0 Å². The van der Waals surface area contributed by atoms with Crippen molar-refractivity contribution in [2.24, 2.45) is 5.92 Å². The van der Waals surface area contributed by atoms with Crippen LogP contribution >= 0.6 is 12.4 Å². The third kappa shape index (κ3) is 6.19. The number of hydrogen-bond donors (Lipinski definition) is 1. The van der Waals surface area contributed by atoms with Gasteiger partial charge >= 0.3 is 6.18 Å². The fraction of sp³-hybridized carbons (Fsp3) is 0.611. The maximum atomic E-state index is 12.8. The maximum Gasteiger partial charge on any atom is 0.416 e. The number of carbonyl (C=O) groups excluding carboxylic acids is 1. The fourth-order valence-electron chi connectivity index (χ4n) is 3.28. The molecule has 25 heavy (non-hydrogen) atoms. The first-order chi connectivity index (χ1) is 11.3. The van der Waals surface area contributed by atoms with Crippen molar-refractivity contribution in [3.05, 3.63) is 35.4 Å². The first-order valence-corrected chi connectivity index (χ1v) is 8.40. The van der Waals surface area contributed by atoms with Crippen molar-refractivity contribution >= 4 is 18.3 Å². The van der Waals surface area contributed by atoms with Crippen LogP contribution in [0.25, 0.3) is 0 Å². The number of benzene rings is 1. The van der Waals surface area contributed by atoms with Crippen LogP contribution in [0.5, 0.6) is 0 Å². The first-order valence-electron chi connectivity index (χ1n) is 8.40. The lowest BCUT2D eigenvalue weighted by atomic mass is 9.93. The molecule has 2 atom stereocenters. The lowest BCUT2D eigenvalue weighted by molar-refractivity contribution is -0.137. The molecular formula is C18H26ClF3N2O. The van der Waals surface area contributed by atoms with Gasteiger partial charge in [-0.05, 0) is 49.9 Å².